The number of likely N-dealkylation sites (tertiary alicyclic amines) is 1. The lowest BCUT2D eigenvalue weighted by Gasteiger charge is -2.32. The Bertz CT molecular complexity index is 766. The summed E-state index contributed by atoms with van der Waals surface area (Å²) in [7, 11) is 0. The van der Waals surface area contributed by atoms with E-state index in [1.54, 1.807) is 0 Å². The Balaban J connectivity index is 1.38. The predicted molar refractivity (Wildman–Crippen MR) is 98.4 cm³/mol. The van der Waals surface area contributed by atoms with Crippen LogP contribution in [0.15, 0.2) is 28.8 Å². The minimum atomic E-state index is 0.000635. The van der Waals surface area contributed by atoms with Crippen LogP contribution in [0, 0.1) is 12.8 Å². The molecule has 138 valence electrons. The molecule has 1 amide bonds. The average molecular weight is 354 g/mol. The molecule has 0 N–H and O–H groups in total. The van der Waals surface area contributed by atoms with Crippen molar-refractivity contribution in [3.63, 3.8) is 0 Å². The Labute approximate surface area is 154 Å². The molecule has 1 aliphatic heterocycles. The lowest BCUT2D eigenvalue weighted by atomic mass is 9.94. The van der Waals surface area contributed by atoms with Crippen molar-refractivity contribution in [2.24, 2.45) is 5.92 Å². The van der Waals surface area contributed by atoms with E-state index in [2.05, 4.69) is 24.2 Å². The molecule has 2 aromatic rings. The second-order valence-electron chi connectivity index (χ2n) is 7.53. The van der Waals surface area contributed by atoms with Crippen molar-refractivity contribution < 1.29 is 14.1 Å². The molecule has 0 spiro atoms. The lowest BCUT2D eigenvalue weighted by molar-refractivity contribution is 0.0591. The van der Waals surface area contributed by atoms with Gasteiger partial charge in [0.25, 0.3) is 5.91 Å². The first-order valence-corrected chi connectivity index (χ1v) is 9.67. The summed E-state index contributed by atoms with van der Waals surface area (Å²) in [6.45, 7) is 4.22. The maximum atomic E-state index is 12.9. The van der Waals surface area contributed by atoms with E-state index in [0.29, 0.717) is 18.3 Å². The molecule has 2 heterocycles. The molecule has 0 radical (unpaired) electrons. The molecule has 1 unspecified atom stereocenters. The summed E-state index contributed by atoms with van der Waals surface area (Å²) in [5.74, 6) is 1.72. The summed E-state index contributed by atoms with van der Waals surface area (Å²) in [4.78, 5) is 14.9. The molecular formula is C21H26N2O3. The highest BCUT2D eigenvalue weighted by Gasteiger charge is 2.31. The SMILES string of the molecule is Cc1ccc(OCC2CCCN(C(=O)c3onc4c3CCCC4)C2)cc1. The van der Waals surface area contributed by atoms with Crippen LogP contribution in [-0.4, -0.2) is 35.7 Å². The van der Waals surface area contributed by atoms with Crippen LogP contribution in [0.3, 0.4) is 0 Å². The molecule has 5 nitrogen and oxygen atoms in total. The maximum absolute atomic E-state index is 12.9. The van der Waals surface area contributed by atoms with Gasteiger partial charge in [0.05, 0.1) is 12.3 Å². The first-order chi connectivity index (χ1) is 12.7. The van der Waals surface area contributed by atoms with Gasteiger partial charge in [0.2, 0.25) is 5.76 Å². The Morgan fingerprint density at radius 1 is 1.23 bits per heavy atom. The van der Waals surface area contributed by atoms with Crippen molar-refractivity contribution in [2.75, 3.05) is 19.7 Å². The van der Waals surface area contributed by atoms with Gasteiger partial charge in [-0.15, -0.1) is 0 Å². The zero-order valence-corrected chi connectivity index (χ0v) is 15.4. The number of nitrogens with zero attached hydrogens (tertiary/aromatic N) is 2. The predicted octanol–water partition coefficient (Wildman–Crippen LogP) is 3.79. The van der Waals surface area contributed by atoms with Gasteiger partial charge >= 0.3 is 0 Å². The van der Waals surface area contributed by atoms with Crippen LogP contribution < -0.4 is 4.74 Å². The fraction of sp³-hybridized carbons (Fsp3) is 0.524. The van der Waals surface area contributed by atoms with Crippen molar-refractivity contribution in [1.82, 2.24) is 10.1 Å². The summed E-state index contributed by atoms with van der Waals surface area (Å²) >= 11 is 0. The Hall–Kier alpha value is -2.30. The highest BCUT2D eigenvalue weighted by atomic mass is 16.5. The molecule has 1 aromatic heterocycles. The summed E-state index contributed by atoms with van der Waals surface area (Å²) < 4.78 is 11.4. The number of ether oxygens (including phenoxy) is 1. The van der Waals surface area contributed by atoms with Crippen LogP contribution in [0.4, 0.5) is 0 Å². The van der Waals surface area contributed by atoms with Crippen LogP contribution in [0.5, 0.6) is 5.75 Å². The number of hydrogen-bond acceptors (Lipinski definition) is 4. The molecular weight excluding hydrogens is 328 g/mol. The molecule has 1 saturated heterocycles. The summed E-state index contributed by atoms with van der Waals surface area (Å²) in [5, 5.41) is 4.13. The normalized spacial score (nSPS) is 19.9. The van der Waals surface area contributed by atoms with Gasteiger partial charge in [0.1, 0.15) is 5.75 Å². The number of carbonyl (C=O) groups is 1. The lowest BCUT2D eigenvalue weighted by Crippen LogP contribution is -2.41. The summed E-state index contributed by atoms with van der Waals surface area (Å²) in [6, 6.07) is 8.11. The van der Waals surface area contributed by atoms with Crippen molar-refractivity contribution in [1.29, 1.82) is 0 Å². The topological polar surface area (TPSA) is 55.6 Å². The van der Waals surface area contributed by atoms with Crippen LogP contribution in [0.25, 0.3) is 0 Å². The van der Waals surface area contributed by atoms with Crippen molar-refractivity contribution >= 4 is 5.91 Å². The number of rotatable bonds is 4. The van der Waals surface area contributed by atoms with E-state index in [1.165, 1.54) is 5.56 Å². The van der Waals surface area contributed by atoms with Crippen molar-refractivity contribution in [3.8, 4) is 5.75 Å². The standard InChI is InChI=1S/C21H26N2O3/c1-15-8-10-17(11-9-15)25-14-16-5-4-12-23(13-16)21(24)20-18-6-2-3-7-19(18)22-26-20/h8-11,16H,2-7,12-14H2,1H3. The van der Waals surface area contributed by atoms with E-state index in [1.807, 2.05) is 17.0 Å². The number of hydrogen-bond donors (Lipinski definition) is 0. The van der Waals surface area contributed by atoms with E-state index in [0.717, 1.165) is 68.6 Å². The van der Waals surface area contributed by atoms with E-state index in [4.69, 9.17) is 9.26 Å². The first kappa shape index (κ1) is 17.1. The molecule has 1 aliphatic carbocycles. The van der Waals surface area contributed by atoms with E-state index in [-0.39, 0.29) is 5.91 Å². The van der Waals surface area contributed by atoms with Gasteiger partial charge in [-0.2, -0.15) is 0 Å². The molecule has 0 bridgehead atoms. The number of amides is 1. The van der Waals surface area contributed by atoms with Crippen LogP contribution in [0.2, 0.25) is 0 Å². The fourth-order valence-corrected chi connectivity index (χ4v) is 3.94. The summed E-state index contributed by atoms with van der Waals surface area (Å²) in [5.41, 5.74) is 3.25. The van der Waals surface area contributed by atoms with Gasteiger partial charge in [-0.3, -0.25) is 4.79 Å². The Morgan fingerprint density at radius 2 is 2.04 bits per heavy atom. The van der Waals surface area contributed by atoms with E-state index < -0.39 is 0 Å². The second kappa shape index (κ2) is 7.52. The van der Waals surface area contributed by atoms with Gasteiger partial charge in [0.15, 0.2) is 0 Å². The zero-order chi connectivity index (χ0) is 17.9. The van der Waals surface area contributed by atoms with E-state index >= 15 is 0 Å². The average Bonchev–Trinajstić information content (AvgIpc) is 3.11. The molecule has 1 atom stereocenters. The molecule has 1 fully saturated rings. The summed E-state index contributed by atoms with van der Waals surface area (Å²) in [6.07, 6.45) is 6.18. The highest BCUT2D eigenvalue weighted by Crippen LogP contribution is 2.27. The maximum Gasteiger partial charge on any atom is 0.292 e. The molecule has 2 aliphatic rings. The van der Waals surface area contributed by atoms with Gasteiger partial charge in [0, 0.05) is 24.6 Å². The number of piperidine rings is 1. The molecule has 0 saturated carbocycles. The minimum Gasteiger partial charge on any atom is -0.493 e. The van der Waals surface area contributed by atoms with Crippen LogP contribution >= 0.6 is 0 Å². The van der Waals surface area contributed by atoms with Gasteiger partial charge < -0.3 is 14.2 Å². The fourth-order valence-electron chi connectivity index (χ4n) is 3.94. The van der Waals surface area contributed by atoms with E-state index in [9.17, 15) is 4.79 Å². The Kier molecular flexibility index (Phi) is 4.96. The molecule has 4 rings (SSSR count). The smallest absolute Gasteiger partial charge is 0.292 e. The van der Waals surface area contributed by atoms with Crippen molar-refractivity contribution in [3.05, 3.63) is 46.8 Å². The van der Waals surface area contributed by atoms with Crippen molar-refractivity contribution in [2.45, 2.75) is 45.4 Å². The third-order valence-corrected chi connectivity index (χ3v) is 5.47. The largest absolute Gasteiger partial charge is 0.493 e. The number of benzene rings is 1. The van der Waals surface area contributed by atoms with Gasteiger partial charge in [-0.25, -0.2) is 0 Å². The number of fused-ring (bicyclic) bond motifs is 1. The number of aryl methyl sites for hydroxylation is 2. The molecule has 26 heavy (non-hydrogen) atoms. The second-order valence-corrected chi connectivity index (χ2v) is 7.53. The molecule has 1 aromatic carbocycles. The Morgan fingerprint density at radius 3 is 2.88 bits per heavy atom. The number of aromatic nitrogens is 1. The van der Waals surface area contributed by atoms with Gasteiger partial charge in [-0.05, 0) is 57.6 Å². The number of carbonyl (C=O) groups excluding carboxylic acids is 1. The third kappa shape index (κ3) is 3.62. The highest BCUT2D eigenvalue weighted by molar-refractivity contribution is 5.93. The van der Waals surface area contributed by atoms with Crippen LogP contribution in [0.1, 0.15) is 53.1 Å². The minimum absolute atomic E-state index is 0.000635. The third-order valence-electron chi connectivity index (χ3n) is 5.47. The van der Waals surface area contributed by atoms with Gasteiger partial charge in [-0.1, -0.05) is 22.9 Å². The monoisotopic (exact) mass is 354 g/mol. The first-order valence-electron chi connectivity index (χ1n) is 9.67. The zero-order valence-electron chi connectivity index (χ0n) is 15.4. The molecule has 5 heteroatoms. The van der Waals surface area contributed by atoms with Crippen LogP contribution in [-0.2, 0) is 12.8 Å². The quantitative estimate of drug-likeness (QED) is 0.838.